The second-order valence-electron chi connectivity index (χ2n) is 7.20. The van der Waals surface area contributed by atoms with E-state index in [0.717, 1.165) is 19.3 Å². The normalized spacial score (nSPS) is 14.0. The molecule has 2 aromatic carbocycles. The summed E-state index contributed by atoms with van der Waals surface area (Å²) in [4.78, 5) is 22.0. The van der Waals surface area contributed by atoms with E-state index in [1.165, 1.54) is 30.3 Å². The number of aliphatic carboxylic acids is 1. The van der Waals surface area contributed by atoms with E-state index >= 15 is 0 Å². The number of aryl methyl sites for hydroxylation is 1. The van der Waals surface area contributed by atoms with E-state index in [9.17, 15) is 23.1 Å². The number of halogens is 1. The first-order valence-electron chi connectivity index (χ1n) is 9.40. The van der Waals surface area contributed by atoms with Gasteiger partial charge in [0.1, 0.15) is 28.6 Å². The van der Waals surface area contributed by atoms with Crippen LogP contribution in [0.15, 0.2) is 35.2 Å². The van der Waals surface area contributed by atoms with Crippen molar-refractivity contribution in [3.8, 4) is 17.2 Å². The zero-order valence-corrected chi connectivity index (χ0v) is 18.1. The molecule has 11 heteroatoms. The molecular formula is C20H21ClN2O7S. The predicted molar refractivity (Wildman–Crippen MR) is 113 cm³/mol. The molecule has 0 heterocycles. The highest BCUT2D eigenvalue weighted by Crippen LogP contribution is 2.37. The topological polar surface area (TPSA) is 142 Å². The summed E-state index contributed by atoms with van der Waals surface area (Å²) < 4.78 is 33.5. The third kappa shape index (κ3) is 5.66. The fraction of sp³-hybridized carbons (Fsp3) is 0.300. The molecule has 0 unspecified atom stereocenters. The third-order valence-corrected chi connectivity index (χ3v) is 6.52. The molecule has 1 saturated carbocycles. The monoisotopic (exact) mass is 468 g/mol. The van der Waals surface area contributed by atoms with Crippen LogP contribution in [0.25, 0.3) is 0 Å². The molecule has 3 rings (SSSR count). The standard InChI is InChI=1S/C20H21ClN2O7S/c1-11-7-13(22-18(25)10-19(26)27)8-15(21)20(11)30-14-5-6-16(24)17(9-14)31(28,29)23-12-3-2-4-12/h5-9,12,23-24H,2-4,10H2,1H3,(H,22,25)(H,26,27). The minimum atomic E-state index is -3.92. The van der Waals surface area contributed by atoms with Gasteiger partial charge in [-0.3, -0.25) is 9.59 Å². The Hall–Kier alpha value is -2.82. The predicted octanol–water partition coefficient (Wildman–Crippen LogP) is 3.39. The first kappa shape index (κ1) is 22.9. The molecule has 31 heavy (non-hydrogen) atoms. The Morgan fingerprint density at radius 1 is 1.23 bits per heavy atom. The lowest BCUT2D eigenvalue weighted by Gasteiger charge is -2.26. The lowest BCUT2D eigenvalue weighted by molar-refractivity contribution is -0.139. The van der Waals surface area contributed by atoms with Crippen LogP contribution in [-0.4, -0.2) is 36.5 Å². The van der Waals surface area contributed by atoms with E-state index in [-0.39, 0.29) is 27.5 Å². The van der Waals surface area contributed by atoms with E-state index in [1.54, 1.807) is 6.92 Å². The minimum absolute atomic E-state index is 0.121. The zero-order chi connectivity index (χ0) is 22.8. The van der Waals surface area contributed by atoms with Crippen LogP contribution in [0.4, 0.5) is 5.69 Å². The molecule has 1 fully saturated rings. The van der Waals surface area contributed by atoms with Crippen LogP contribution >= 0.6 is 11.6 Å². The van der Waals surface area contributed by atoms with Gasteiger partial charge < -0.3 is 20.3 Å². The highest BCUT2D eigenvalue weighted by molar-refractivity contribution is 7.89. The van der Waals surface area contributed by atoms with Crippen LogP contribution in [0.5, 0.6) is 17.2 Å². The molecule has 9 nitrogen and oxygen atoms in total. The molecule has 0 aliphatic heterocycles. The molecule has 0 aromatic heterocycles. The SMILES string of the molecule is Cc1cc(NC(=O)CC(=O)O)cc(Cl)c1Oc1ccc(O)c(S(=O)(=O)NC2CCC2)c1. The van der Waals surface area contributed by atoms with Gasteiger partial charge in [-0.25, -0.2) is 13.1 Å². The van der Waals surface area contributed by atoms with Crippen LogP contribution in [0.1, 0.15) is 31.2 Å². The van der Waals surface area contributed by atoms with Gasteiger partial charge in [0.25, 0.3) is 0 Å². The number of phenols is 1. The average Bonchev–Trinajstić information content (AvgIpc) is 2.62. The van der Waals surface area contributed by atoms with Crippen molar-refractivity contribution in [1.29, 1.82) is 0 Å². The maximum absolute atomic E-state index is 12.6. The van der Waals surface area contributed by atoms with Crippen molar-refractivity contribution in [3.05, 3.63) is 40.9 Å². The number of phenolic OH excluding ortho intramolecular Hbond substituents is 1. The molecular weight excluding hydrogens is 448 g/mol. The molecule has 0 radical (unpaired) electrons. The summed E-state index contributed by atoms with van der Waals surface area (Å²) in [6.07, 6.45) is 1.77. The van der Waals surface area contributed by atoms with Crippen molar-refractivity contribution in [1.82, 2.24) is 4.72 Å². The van der Waals surface area contributed by atoms with Gasteiger partial charge in [-0.05, 0) is 49.6 Å². The molecule has 1 aliphatic carbocycles. The van der Waals surface area contributed by atoms with Gasteiger partial charge in [-0.2, -0.15) is 0 Å². The van der Waals surface area contributed by atoms with Gasteiger partial charge >= 0.3 is 5.97 Å². The Labute approximate surface area is 184 Å². The van der Waals surface area contributed by atoms with Crippen LogP contribution in [0, 0.1) is 6.92 Å². The van der Waals surface area contributed by atoms with Crippen molar-refractivity contribution in [3.63, 3.8) is 0 Å². The Kier molecular flexibility index (Phi) is 6.73. The Morgan fingerprint density at radius 2 is 1.94 bits per heavy atom. The quantitative estimate of drug-likeness (QED) is 0.435. The lowest BCUT2D eigenvalue weighted by atomic mass is 9.94. The number of carbonyl (C=O) groups excluding carboxylic acids is 1. The summed E-state index contributed by atoms with van der Waals surface area (Å²) in [7, 11) is -3.92. The van der Waals surface area contributed by atoms with Crippen LogP contribution < -0.4 is 14.8 Å². The summed E-state index contributed by atoms with van der Waals surface area (Å²) in [5.41, 5.74) is 0.808. The molecule has 2 aromatic rings. The number of rotatable bonds is 8. The molecule has 166 valence electrons. The number of carboxylic acids is 1. The maximum atomic E-state index is 12.6. The fourth-order valence-electron chi connectivity index (χ4n) is 2.97. The maximum Gasteiger partial charge on any atom is 0.312 e. The first-order chi connectivity index (χ1) is 14.5. The average molecular weight is 469 g/mol. The fourth-order valence-corrected chi connectivity index (χ4v) is 4.70. The Morgan fingerprint density at radius 3 is 2.52 bits per heavy atom. The van der Waals surface area contributed by atoms with Crippen molar-refractivity contribution < 1.29 is 33.0 Å². The number of nitrogens with one attached hydrogen (secondary N) is 2. The van der Waals surface area contributed by atoms with Gasteiger partial charge in [-0.15, -0.1) is 0 Å². The van der Waals surface area contributed by atoms with E-state index < -0.39 is 34.1 Å². The Balaban J connectivity index is 1.82. The van der Waals surface area contributed by atoms with E-state index in [4.69, 9.17) is 21.4 Å². The van der Waals surface area contributed by atoms with Crippen molar-refractivity contribution in [2.75, 3.05) is 5.32 Å². The molecule has 0 bridgehead atoms. The number of anilines is 1. The van der Waals surface area contributed by atoms with E-state index in [2.05, 4.69) is 10.0 Å². The lowest BCUT2D eigenvalue weighted by Crippen LogP contribution is -2.39. The van der Waals surface area contributed by atoms with E-state index in [1.807, 2.05) is 0 Å². The van der Waals surface area contributed by atoms with Gasteiger partial charge in [0, 0.05) is 17.8 Å². The number of carboxylic acid groups (broad SMARTS) is 1. The molecule has 1 aliphatic rings. The molecule has 4 N–H and O–H groups in total. The highest BCUT2D eigenvalue weighted by atomic mass is 35.5. The number of ether oxygens (including phenoxy) is 1. The van der Waals surface area contributed by atoms with Crippen molar-refractivity contribution in [2.24, 2.45) is 0 Å². The number of aromatic hydroxyl groups is 1. The van der Waals surface area contributed by atoms with Gasteiger partial charge in [0.05, 0.1) is 5.02 Å². The second-order valence-corrected chi connectivity index (χ2v) is 9.29. The number of benzene rings is 2. The Bertz CT molecular complexity index is 1110. The third-order valence-electron chi connectivity index (χ3n) is 4.69. The molecule has 0 spiro atoms. The van der Waals surface area contributed by atoms with Crippen LogP contribution in [0.3, 0.4) is 0 Å². The number of hydrogen-bond donors (Lipinski definition) is 4. The van der Waals surface area contributed by atoms with Crippen molar-refractivity contribution in [2.45, 2.75) is 43.5 Å². The number of sulfonamides is 1. The molecule has 0 saturated heterocycles. The van der Waals surface area contributed by atoms with E-state index in [0.29, 0.717) is 11.3 Å². The smallest absolute Gasteiger partial charge is 0.312 e. The molecule has 1 amide bonds. The number of hydrogen-bond acceptors (Lipinski definition) is 6. The second kappa shape index (κ2) is 9.13. The minimum Gasteiger partial charge on any atom is -0.507 e. The van der Waals surface area contributed by atoms with Gasteiger partial charge in [0.2, 0.25) is 15.9 Å². The summed E-state index contributed by atoms with van der Waals surface area (Å²) in [6.45, 7) is 1.66. The summed E-state index contributed by atoms with van der Waals surface area (Å²) >= 11 is 6.26. The van der Waals surface area contributed by atoms with Crippen LogP contribution in [-0.2, 0) is 19.6 Å². The zero-order valence-electron chi connectivity index (χ0n) is 16.5. The van der Waals surface area contributed by atoms with Gasteiger partial charge in [0.15, 0.2) is 0 Å². The van der Waals surface area contributed by atoms with Crippen molar-refractivity contribution >= 4 is 39.2 Å². The first-order valence-corrected chi connectivity index (χ1v) is 11.3. The highest BCUT2D eigenvalue weighted by Gasteiger charge is 2.27. The largest absolute Gasteiger partial charge is 0.507 e. The molecule has 0 atom stereocenters. The van der Waals surface area contributed by atoms with Gasteiger partial charge in [-0.1, -0.05) is 18.0 Å². The summed E-state index contributed by atoms with van der Waals surface area (Å²) in [5.74, 6) is -2.01. The summed E-state index contributed by atoms with van der Waals surface area (Å²) in [5, 5.41) is 21.3. The number of amides is 1. The van der Waals surface area contributed by atoms with Crippen LogP contribution in [0.2, 0.25) is 5.02 Å². The summed E-state index contributed by atoms with van der Waals surface area (Å²) in [6, 6.07) is 6.60. The number of carbonyl (C=O) groups is 2.